The molecule has 2 aromatic carbocycles. The number of allylic oxidation sites excluding steroid dienone is 1. The predicted molar refractivity (Wildman–Crippen MR) is 114 cm³/mol. The zero-order valence-electron chi connectivity index (χ0n) is 16.0. The van der Waals surface area contributed by atoms with Crippen molar-refractivity contribution in [3.63, 3.8) is 0 Å². The van der Waals surface area contributed by atoms with Crippen molar-refractivity contribution in [1.82, 2.24) is 10.6 Å². The normalized spacial score (nSPS) is 16.1. The molecule has 0 saturated heterocycles. The van der Waals surface area contributed by atoms with Gasteiger partial charge in [-0.05, 0) is 68.0 Å². The van der Waals surface area contributed by atoms with Crippen molar-refractivity contribution in [2.75, 3.05) is 19.0 Å². The number of methoxy groups -OCH3 is 1. The number of hydrogen-bond donors (Lipinski definition) is 3. The molecule has 2 aromatic rings. The summed E-state index contributed by atoms with van der Waals surface area (Å²) < 4.78 is 10.8. The Hall–Kier alpha value is -3.06. The van der Waals surface area contributed by atoms with E-state index in [0.29, 0.717) is 34.4 Å². The lowest BCUT2D eigenvalue weighted by Crippen LogP contribution is -2.45. The fourth-order valence-electron chi connectivity index (χ4n) is 3.07. The van der Waals surface area contributed by atoms with Gasteiger partial charge < -0.3 is 25.4 Å². The van der Waals surface area contributed by atoms with Crippen molar-refractivity contribution in [3.05, 3.63) is 65.4 Å². The molecule has 1 amide bonds. The summed E-state index contributed by atoms with van der Waals surface area (Å²) in [4.78, 5) is 13.1. The summed E-state index contributed by atoms with van der Waals surface area (Å²) in [7, 11) is 1.61. The Labute approximate surface area is 169 Å². The SMILES string of the molecule is CCOc1ccc(NC(=O)C2=C(C)NC(=S)NC2c2cccc(OC)c2)cc1. The highest BCUT2D eigenvalue weighted by molar-refractivity contribution is 7.80. The van der Waals surface area contributed by atoms with Crippen LogP contribution >= 0.6 is 12.2 Å². The first-order valence-electron chi connectivity index (χ1n) is 8.98. The number of anilines is 1. The minimum absolute atomic E-state index is 0.211. The maximum Gasteiger partial charge on any atom is 0.255 e. The van der Waals surface area contributed by atoms with Gasteiger partial charge in [0, 0.05) is 11.4 Å². The van der Waals surface area contributed by atoms with Crippen LogP contribution in [-0.4, -0.2) is 24.7 Å². The van der Waals surface area contributed by atoms with Gasteiger partial charge in [-0.3, -0.25) is 4.79 Å². The van der Waals surface area contributed by atoms with Crippen LogP contribution in [0.4, 0.5) is 5.69 Å². The van der Waals surface area contributed by atoms with E-state index < -0.39 is 0 Å². The summed E-state index contributed by atoms with van der Waals surface area (Å²) in [6.07, 6.45) is 0. The molecule has 28 heavy (non-hydrogen) atoms. The van der Waals surface area contributed by atoms with Gasteiger partial charge in [-0.2, -0.15) is 0 Å². The molecule has 0 saturated carbocycles. The number of carbonyl (C=O) groups excluding carboxylic acids is 1. The lowest BCUT2D eigenvalue weighted by Gasteiger charge is -2.30. The zero-order valence-corrected chi connectivity index (χ0v) is 16.9. The first-order valence-corrected chi connectivity index (χ1v) is 9.39. The number of ether oxygens (including phenoxy) is 2. The summed E-state index contributed by atoms with van der Waals surface area (Å²) in [5.74, 6) is 1.26. The lowest BCUT2D eigenvalue weighted by atomic mass is 9.94. The fourth-order valence-corrected chi connectivity index (χ4v) is 3.34. The van der Waals surface area contributed by atoms with Gasteiger partial charge in [-0.15, -0.1) is 0 Å². The molecule has 1 atom stereocenters. The van der Waals surface area contributed by atoms with E-state index in [2.05, 4.69) is 16.0 Å². The molecule has 1 heterocycles. The van der Waals surface area contributed by atoms with Crippen LogP contribution in [0.5, 0.6) is 11.5 Å². The molecule has 3 rings (SSSR count). The smallest absolute Gasteiger partial charge is 0.255 e. The molecule has 1 aliphatic heterocycles. The minimum Gasteiger partial charge on any atom is -0.497 e. The summed E-state index contributed by atoms with van der Waals surface area (Å²) in [5.41, 5.74) is 2.85. The Bertz CT molecular complexity index is 909. The molecular weight excluding hydrogens is 374 g/mol. The van der Waals surface area contributed by atoms with Crippen LogP contribution in [0, 0.1) is 0 Å². The third-order valence-electron chi connectivity index (χ3n) is 4.36. The largest absolute Gasteiger partial charge is 0.497 e. The Morgan fingerprint density at radius 2 is 1.93 bits per heavy atom. The van der Waals surface area contributed by atoms with E-state index in [1.54, 1.807) is 7.11 Å². The number of hydrogen-bond acceptors (Lipinski definition) is 4. The average molecular weight is 398 g/mol. The van der Waals surface area contributed by atoms with Gasteiger partial charge in [-0.25, -0.2) is 0 Å². The Balaban J connectivity index is 1.88. The van der Waals surface area contributed by atoms with E-state index in [1.165, 1.54) is 0 Å². The Morgan fingerprint density at radius 3 is 2.61 bits per heavy atom. The van der Waals surface area contributed by atoms with Crippen molar-refractivity contribution in [2.24, 2.45) is 0 Å². The molecule has 0 aromatic heterocycles. The van der Waals surface area contributed by atoms with Crippen molar-refractivity contribution >= 4 is 28.9 Å². The van der Waals surface area contributed by atoms with Crippen molar-refractivity contribution in [2.45, 2.75) is 19.9 Å². The van der Waals surface area contributed by atoms with Crippen LogP contribution in [0.2, 0.25) is 0 Å². The number of benzene rings is 2. The van der Waals surface area contributed by atoms with Gasteiger partial charge in [0.05, 0.1) is 25.3 Å². The summed E-state index contributed by atoms with van der Waals surface area (Å²) in [5, 5.41) is 9.64. The molecule has 146 valence electrons. The topological polar surface area (TPSA) is 71.6 Å². The van der Waals surface area contributed by atoms with Crippen LogP contribution in [0.25, 0.3) is 0 Å². The van der Waals surface area contributed by atoms with Gasteiger partial charge in [0.2, 0.25) is 0 Å². The molecule has 0 spiro atoms. The standard InChI is InChI=1S/C21H23N3O3S/c1-4-27-16-10-8-15(9-11-16)23-20(25)18-13(2)22-21(28)24-19(18)14-6-5-7-17(12-14)26-3/h5-12,19H,4H2,1-3H3,(H,23,25)(H2,22,24,28). The second-order valence-electron chi connectivity index (χ2n) is 6.26. The Kier molecular flexibility index (Phi) is 6.16. The van der Waals surface area contributed by atoms with Crippen molar-refractivity contribution < 1.29 is 14.3 Å². The number of thiocarbonyl (C=S) groups is 1. The molecule has 0 fully saturated rings. The maximum atomic E-state index is 13.1. The number of nitrogens with one attached hydrogen (secondary N) is 3. The van der Waals surface area contributed by atoms with E-state index in [-0.39, 0.29) is 11.9 Å². The minimum atomic E-state index is -0.383. The fraction of sp³-hybridized carbons (Fsp3) is 0.238. The van der Waals surface area contributed by atoms with E-state index in [9.17, 15) is 4.79 Å². The molecule has 0 aliphatic carbocycles. The van der Waals surface area contributed by atoms with E-state index in [0.717, 1.165) is 11.3 Å². The summed E-state index contributed by atoms with van der Waals surface area (Å²) in [6.45, 7) is 4.36. The van der Waals surface area contributed by atoms with Gasteiger partial charge >= 0.3 is 0 Å². The third-order valence-corrected chi connectivity index (χ3v) is 4.58. The summed E-state index contributed by atoms with van der Waals surface area (Å²) in [6, 6.07) is 14.5. The van der Waals surface area contributed by atoms with Gasteiger partial charge in [-0.1, -0.05) is 12.1 Å². The maximum absolute atomic E-state index is 13.1. The van der Waals surface area contributed by atoms with Gasteiger partial charge in [0.15, 0.2) is 5.11 Å². The average Bonchev–Trinajstić information content (AvgIpc) is 2.69. The molecule has 1 aliphatic rings. The van der Waals surface area contributed by atoms with Gasteiger partial charge in [0.1, 0.15) is 11.5 Å². The molecule has 7 heteroatoms. The highest BCUT2D eigenvalue weighted by Gasteiger charge is 2.30. The lowest BCUT2D eigenvalue weighted by molar-refractivity contribution is -0.113. The molecule has 0 radical (unpaired) electrons. The van der Waals surface area contributed by atoms with E-state index in [1.807, 2.05) is 62.4 Å². The van der Waals surface area contributed by atoms with Crippen LogP contribution in [-0.2, 0) is 4.79 Å². The van der Waals surface area contributed by atoms with Crippen LogP contribution in [0.1, 0.15) is 25.5 Å². The van der Waals surface area contributed by atoms with Crippen molar-refractivity contribution in [3.8, 4) is 11.5 Å². The van der Waals surface area contributed by atoms with Gasteiger partial charge in [0.25, 0.3) is 5.91 Å². The predicted octanol–water partition coefficient (Wildman–Crippen LogP) is 3.53. The van der Waals surface area contributed by atoms with Crippen LogP contribution < -0.4 is 25.4 Å². The first kappa shape index (κ1) is 19.7. The van der Waals surface area contributed by atoms with Crippen molar-refractivity contribution in [1.29, 1.82) is 0 Å². The molecule has 0 bridgehead atoms. The highest BCUT2D eigenvalue weighted by Crippen LogP contribution is 2.30. The van der Waals surface area contributed by atoms with Crippen LogP contribution in [0.15, 0.2) is 59.8 Å². The molecular formula is C21H23N3O3S. The first-order chi connectivity index (χ1) is 13.5. The number of rotatable bonds is 6. The number of carbonyl (C=O) groups is 1. The van der Waals surface area contributed by atoms with E-state index >= 15 is 0 Å². The molecule has 3 N–H and O–H groups in total. The quantitative estimate of drug-likeness (QED) is 0.648. The third kappa shape index (κ3) is 4.43. The monoisotopic (exact) mass is 397 g/mol. The van der Waals surface area contributed by atoms with Crippen LogP contribution in [0.3, 0.4) is 0 Å². The highest BCUT2D eigenvalue weighted by atomic mass is 32.1. The Morgan fingerprint density at radius 1 is 1.18 bits per heavy atom. The molecule has 6 nitrogen and oxygen atoms in total. The van der Waals surface area contributed by atoms with E-state index in [4.69, 9.17) is 21.7 Å². The molecule has 1 unspecified atom stereocenters. The second kappa shape index (κ2) is 8.75. The zero-order chi connectivity index (χ0) is 20.1. The number of amides is 1. The second-order valence-corrected chi connectivity index (χ2v) is 6.67. The summed E-state index contributed by atoms with van der Waals surface area (Å²) >= 11 is 5.30.